The van der Waals surface area contributed by atoms with Gasteiger partial charge in [-0.25, -0.2) is 15.0 Å². The van der Waals surface area contributed by atoms with Gasteiger partial charge in [-0.2, -0.15) is 0 Å². The molecule has 0 saturated heterocycles. The number of thiazole rings is 1. The molecule has 28 heavy (non-hydrogen) atoms. The van der Waals surface area contributed by atoms with Gasteiger partial charge in [-0.3, -0.25) is 4.79 Å². The maximum absolute atomic E-state index is 12.5. The molecular formula is C22H22N4OS. The SMILES string of the molecule is CC1=C(c2ccc(CC(=O)c3ncncc3C)cc2)CN(c2nccs2)CC1. The Bertz CT molecular complexity index is 1010. The van der Waals surface area contributed by atoms with Gasteiger partial charge in [-0.1, -0.05) is 29.8 Å². The van der Waals surface area contributed by atoms with Crippen molar-refractivity contribution >= 4 is 27.8 Å². The molecule has 5 nitrogen and oxygen atoms in total. The number of anilines is 1. The van der Waals surface area contributed by atoms with Crippen molar-refractivity contribution < 1.29 is 4.79 Å². The molecule has 0 bridgehead atoms. The summed E-state index contributed by atoms with van der Waals surface area (Å²) in [5, 5.41) is 3.10. The Morgan fingerprint density at radius 2 is 2.00 bits per heavy atom. The van der Waals surface area contributed by atoms with Gasteiger partial charge in [0.1, 0.15) is 12.0 Å². The van der Waals surface area contributed by atoms with E-state index in [1.54, 1.807) is 17.5 Å². The quantitative estimate of drug-likeness (QED) is 0.606. The zero-order valence-electron chi connectivity index (χ0n) is 16.1. The number of benzene rings is 1. The molecule has 0 atom stereocenters. The lowest BCUT2D eigenvalue weighted by atomic mass is 9.94. The maximum Gasteiger partial charge on any atom is 0.185 e. The normalized spacial score (nSPS) is 14.4. The molecule has 1 aliphatic heterocycles. The number of hydrogen-bond donors (Lipinski definition) is 0. The number of aryl methyl sites for hydroxylation is 1. The van der Waals surface area contributed by atoms with Gasteiger partial charge in [-0.05, 0) is 42.5 Å². The summed E-state index contributed by atoms with van der Waals surface area (Å²) in [6.45, 7) is 5.96. The van der Waals surface area contributed by atoms with Crippen LogP contribution in [0.2, 0.25) is 0 Å². The van der Waals surface area contributed by atoms with Crippen LogP contribution >= 0.6 is 11.3 Å². The number of rotatable bonds is 5. The van der Waals surface area contributed by atoms with Gasteiger partial charge in [0.05, 0.1) is 0 Å². The first-order valence-corrected chi connectivity index (χ1v) is 10.2. The number of aromatic nitrogens is 3. The van der Waals surface area contributed by atoms with Gasteiger partial charge in [0, 0.05) is 37.3 Å². The van der Waals surface area contributed by atoms with E-state index in [2.05, 4.69) is 38.9 Å². The van der Waals surface area contributed by atoms with Crippen molar-refractivity contribution in [2.45, 2.75) is 26.7 Å². The first-order valence-electron chi connectivity index (χ1n) is 9.34. The third kappa shape index (κ3) is 3.87. The van der Waals surface area contributed by atoms with Crippen LogP contribution in [-0.4, -0.2) is 33.8 Å². The molecule has 0 amide bonds. The standard InChI is InChI=1S/C22H22N4OS/c1-15-7-9-26(22-24-8-10-28-22)13-19(15)18-5-3-17(4-6-18)11-20(27)21-16(2)12-23-14-25-21/h3-6,8,10,12,14H,7,9,11,13H2,1-2H3. The fourth-order valence-corrected chi connectivity index (χ4v) is 4.19. The lowest BCUT2D eigenvalue weighted by molar-refractivity contribution is 0.0987. The van der Waals surface area contributed by atoms with Crippen LogP contribution in [0.1, 0.15) is 40.5 Å². The summed E-state index contributed by atoms with van der Waals surface area (Å²) in [4.78, 5) is 27.4. The van der Waals surface area contributed by atoms with Crippen LogP contribution in [0.5, 0.6) is 0 Å². The van der Waals surface area contributed by atoms with Crippen LogP contribution in [0.3, 0.4) is 0 Å². The van der Waals surface area contributed by atoms with Gasteiger partial charge in [0.2, 0.25) is 0 Å². The van der Waals surface area contributed by atoms with Crippen LogP contribution < -0.4 is 4.90 Å². The number of carbonyl (C=O) groups is 1. The molecule has 3 aromatic rings. The lowest BCUT2D eigenvalue weighted by Gasteiger charge is -2.30. The summed E-state index contributed by atoms with van der Waals surface area (Å²) in [5.74, 6) is 0.0238. The first kappa shape index (κ1) is 18.5. The Morgan fingerprint density at radius 3 is 2.71 bits per heavy atom. The van der Waals surface area contributed by atoms with E-state index in [-0.39, 0.29) is 5.78 Å². The molecule has 0 unspecified atom stereocenters. The second-order valence-electron chi connectivity index (χ2n) is 7.10. The minimum Gasteiger partial charge on any atom is -0.343 e. The zero-order valence-corrected chi connectivity index (χ0v) is 16.9. The van der Waals surface area contributed by atoms with Crippen molar-refractivity contribution in [2.75, 3.05) is 18.0 Å². The minimum atomic E-state index is 0.0238. The van der Waals surface area contributed by atoms with Gasteiger partial charge < -0.3 is 4.90 Å². The van der Waals surface area contributed by atoms with Gasteiger partial charge in [-0.15, -0.1) is 11.3 Å². The second kappa shape index (κ2) is 8.02. The molecular weight excluding hydrogens is 368 g/mol. The molecule has 0 saturated carbocycles. The summed E-state index contributed by atoms with van der Waals surface area (Å²) in [7, 11) is 0. The molecule has 4 rings (SSSR count). The smallest absolute Gasteiger partial charge is 0.185 e. The van der Waals surface area contributed by atoms with Crippen LogP contribution in [0.25, 0.3) is 5.57 Å². The largest absolute Gasteiger partial charge is 0.343 e. The van der Waals surface area contributed by atoms with Crippen LogP contribution in [0, 0.1) is 6.92 Å². The molecule has 3 heterocycles. The van der Waals surface area contributed by atoms with Crippen molar-refractivity contribution in [3.63, 3.8) is 0 Å². The van der Waals surface area contributed by atoms with Crippen LogP contribution in [-0.2, 0) is 6.42 Å². The summed E-state index contributed by atoms with van der Waals surface area (Å²) >= 11 is 1.68. The minimum absolute atomic E-state index is 0.0238. The van der Waals surface area contributed by atoms with E-state index in [0.29, 0.717) is 12.1 Å². The van der Waals surface area contributed by atoms with E-state index in [9.17, 15) is 4.79 Å². The highest BCUT2D eigenvalue weighted by atomic mass is 32.1. The fourth-order valence-electron chi connectivity index (χ4n) is 3.52. The number of ketones is 1. The summed E-state index contributed by atoms with van der Waals surface area (Å²) in [5.41, 5.74) is 6.31. The highest BCUT2D eigenvalue weighted by Crippen LogP contribution is 2.30. The average molecular weight is 391 g/mol. The molecule has 0 aliphatic carbocycles. The van der Waals surface area contributed by atoms with Gasteiger partial charge >= 0.3 is 0 Å². The van der Waals surface area contributed by atoms with Crippen LogP contribution in [0.15, 0.2) is 53.9 Å². The molecule has 2 aromatic heterocycles. The van der Waals surface area contributed by atoms with Crippen molar-refractivity contribution in [1.82, 2.24) is 15.0 Å². The zero-order chi connectivity index (χ0) is 19.5. The topological polar surface area (TPSA) is 59.0 Å². The molecule has 0 spiro atoms. The Balaban J connectivity index is 1.50. The van der Waals surface area contributed by atoms with Crippen molar-refractivity contribution in [3.8, 4) is 0 Å². The molecule has 0 N–H and O–H groups in total. The average Bonchev–Trinajstić information content (AvgIpc) is 3.24. The Kier molecular flexibility index (Phi) is 5.30. The molecule has 1 aliphatic rings. The second-order valence-corrected chi connectivity index (χ2v) is 7.97. The van der Waals surface area contributed by atoms with E-state index in [0.717, 1.165) is 35.8 Å². The molecule has 0 radical (unpaired) electrons. The Labute approximate surface area is 168 Å². The van der Waals surface area contributed by atoms with Crippen molar-refractivity contribution in [3.05, 3.63) is 76.3 Å². The van der Waals surface area contributed by atoms with Gasteiger partial charge in [0.15, 0.2) is 10.9 Å². The van der Waals surface area contributed by atoms with E-state index >= 15 is 0 Å². The third-order valence-corrected chi connectivity index (χ3v) is 5.97. The molecule has 1 aromatic carbocycles. The first-order chi connectivity index (χ1) is 13.6. The number of hydrogen-bond acceptors (Lipinski definition) is 6. The summed E-state index contributed by atoms with van der Waals surface area (Å²) in [6, 6.07) is 8.35. The van der Waals surface area contributed by atoms with E-state index < -0.39 is 0 Å². The van der Waals surface area contributed by atoms with Crippen LogP contribution in [0.4, 0.5) is 5.13 Å². The highest BCUT2D eigenvalue weighted by Gasteiger charge is 2.20. The highest BCUT2D eigenvalue weighted by molar-refractivity contribution is 7.13. The maximum atomic E-state index is 12.5. The predicted octanol–water partition coefficient (Wildman–Crippen LogP) is 4.35. The monoisotopic (exact) mass is 390 g/mol. The summed E-state index contributed by atoms with van der Waals surface area (Å²) in [6.07, 6.45) is 6.35. The molecule has 6 heteroatoms. The number of carbonyl (C=O) groups excluding carboxylic acids is 1. The molecule has 0 fully saturated rings. The Hall–Kier alpha value is -2.86. The van der Waals surface area contributed by atoms with Crippen molar-refractivity contribution in [2.24, 2.45) is 0 Å². The number of Topliss-reactive ketones (excluding diaryl/α,β-unsaturated/α-hetero) is 1. The van der Waals surface area contributed by atoms with E-state index in [1.807, 2.05) is 30.6 Å². The van der Waals surface area contributed by atoms with E-state index in [1.165, 1.54) is 23.0 Å². The van der Waals surface area contributed by atoms with E-state index in [4.69, 9.17) is 0 Å². The fraction of sp³-hybridized carbons (Fsp3) is 0.273. The summed E-state index contributed by atoms with van der Waals surface area (Å²) < 4.78 is 0. The van der Waals surface area contributed by atoms with Crippen molar-refractivity contribution in [1.29, 1.82) is 0 Å². The third-order valence-electron chi connectivity index (χ3n) is 5.14. The Morgan fingerprint density at radius 1 is 1.18 bits per heavy atom. The number of nitrogens with zero attached hydrogens (tertiary/aromatic N) is 4. The lowest BCUT2D eigenvalue weighted by Crippen LogP contribution is -2.30. The van der Waals surface area contributed by atoms with Gasteiger partial charge in [0.25, 0.3) is 0 Å². The molecule has 142 valence electrons. The predicted molar refractivity (Wildman–Crippen MR) is 113 cm³/mol.